The molecule has 0 unspecified atom stereocenters. The second-order valence-electron chi connectivity index (χ2n) is 4.96. The molecular weight excluding hydrogens is 283 g/mol. The first-order chi connectivity index (χ1) is 10.5. The number of aromatic nitrogens is 1. The number of pyridine rings is 1. The van der Waals surface area contributed by atoms with Crippen molar-refractivity contribution in [2.75, 3.05) is 13.1 Å². The number of hydrogen-bond acceptors (Lipinski definition) is 3. The minimum atomic E-state index is -0.986. The van der Waals surface area contributed by atoms with Gasteiger partial charge in [-0.2, -0.15) is 0 Å². The van der Waals surface area contributed by atoms with Crippen molar-refractivity contribution in [3.63, 3.8) is 0 Å². The van der Waals surface area contributed by atoms with Crippen LogP contribution in [0.2, 0.25) is 0 Å². The molecule has 22 heavy (non-hydrogen) atoms. The molecule has 1 aromatic carbocycles. The lowest BCUT2D eigenvalue weighted by atomic mass is 10.1. The van der Waals surface area contributed by atoms with Gasteiger partial charge in [0.2, 0.25) is 0 Å². The molecule has 2 rings (SSSR count). The summed E-state index contributed by atoms with van der Waals surface area (Å²) in [5.41, 5.74) is 2.14. The topological polar surface area (TPSA) is 53.4 Å². The molecule has 0 saturated carbocycles. The first-order valence-electron chi connectivity index (χ1n) is 7.26. The van der Waals surface area contributed by atoms with E-state index in [-0.39, 0.29) is 11.4 Å². The number of halogens is 1. The van der Waals surface area contributed by atoms with Crippen LogP contribution in [0.5, 0.6) is 0 Å². The van der Waals surface area contributed by atoms with Gasteiger partial charge < -0.3 is 5.11 Å². The number of hydrogen-bond donors (Lipinski definition) is 1. The van der Waals surface area contributed by atoms with E-state index in [1.165, 1.54) is 12.1 Å². The summed E-state index contributed by atoms with van der Waals surface area (Å²) < 4.78 is 13.0. The molecule has 4 nitrogen and oxygen atoms in total. The van der Waals surface area contributed by atoms with Gasteiger partial charge in [0.25, 0.3) is 0 Å². The monoisotopic (exact) mass is 302 g/mol. The van der Waals surface area contributed by atoms with Crippen molar-refractivity contribution < 1.29 is 14.3 Å². The lowest BCUT2D eigenvalue weighted by molar-refractivity contribution is 0.0694. The third-order valence-electron chi connectivity index (χ3n) is 3.61. The van der Waals surface area contributed by atoms with Crippen LogP contribution in [-0.4, -0.2) is 34.0 Å². The van der Waals surface area contributed by atoms with Crippen LogP contribution in [0.15, 0.2) is 36.4 Å². The third-order valence-corrected chi connectivity index (χ3v) is 3.61. The predicted octanol–water partition coefficient (Wildman–Crippen LogP) is 3.43. The molecule has 1 heterocycles. The van der Waals surface area contributed by atoms with E-state index in [0.717, 1.165) is 18.7 Å². The average molecular weight is 302 g/mol. The largest absolute Gasteiger partial charge is 0.478 e. The first kappa shape index (κ1) is 16.1. The lowest BCUT2D eigenvalue weighted by Gasteiger charge is -2.19. The smallest absolute Gasteiger partial charge is 0.337 e. The fourth-order valence-corrected chi connectivity index (χ4v) is 2.26. The van der Waals surface area contributed by atoms with Crippen LogP contribution in [-0.2, 0) is 6.54 Å². The zero-order chi connectivity index (χ0) is 16.1. The van der Waals surface area contributed by atoms with Crippen molar-refractivity contribution in [1.82, 2.24) is 9.88 Å². The normalized spacial score (nSPS) is 10.9. The van der Waals surface area contributed by atoms with Crippen molar-refractivity contribution >= 4 is 5.97 Å². The molecular formula is C17H19FN2O2. The zero-order valence-corrected chi connectivity index (χ0v) is 12.7. The highest BCUT2D eigenvalue weighted by Crippen LogP contribution is 2.20. The number of carboxylic acid groups (broad SMARTS) is 1. The molecule has 0 saturated heterocycles. The number of nitrogens with zero attached hydrogens (tertiary/aromatic N) is 2. The Kier molecular flexibility index (Phi) is 5.22. The molecule has 0 amide bonds. The molecule has 0 atom stereocenters. The molecule has 0 spiro atoms. The summed E-state index contributed by atoms with van der Waals surface area (Å²) in [6, 6.07) is 9.23. The quantitative estimate of drug-likeness (QED) is 0.888. The van der Waals surface area contributed by atoms with E-state index >= 15 is 0 Å². The van der Waals surface area contributed by atoms with Gasteiger partial charge in [0, 0.05) is 12.1 Å². The van der Waals surface area contributed by atoms with E-state index in [2.05, 4.69) is 9.88 Å². The number of carboxylic acids is 1. The van der Waals surface area contributed by atoms with Crippen molar-refractivity contribution in [1.29, 1.82) is 0 Å². The highest BCUT2D eigenvalue weighted by molar-refractivity contribution is 5.89. The van der Waals surface area contributed by atoms with Gasteiger partial charge in [-0.1, -0.05) is 13.8 Å². The number of rotatable bonds is 6. The van der Waals surface area contributed by atoms with Crippen molar-refractivity contribution in [3.8, 4) is 11.3 Å². The molecule has 1 N–H and O–H groups in total. The second-order valence-corrected chi connectivity index (χ2v) is 4.96. The minimum absolute atomic E-state index is 0.206. The average Bonchev–Trinajstić information content (AvgIpc) is 2.53. The van der Waals surface area contributed by atoms with Crippen LogP contribution < -0.4 is 0 Å². The van der Waals surface area contributed by atoms with E-state index in [1.54, 1.807) is 24.3 Å². The maximum absolute atomic E-state index is 13.0. The van der Waals surface area contributed by atoms with Crippen LogP contribution in [0.4, 0.5) is 4.39 Å². The van der Waals surface area contributed by atoms with E-state index in [9.17, 15) is 14.3 Å². The molecule has 0 radical (unpaired) electrons. The Labute approximate surface area is 129 Å². The Morgan fingerprint density at radius 3 is 2.32 bits per heavy atom. The number of aromatic carboxylic acids is 1. The van der Waals surface area contributed by atoms with Crippen LogP contribution in [0, 0.1) is 5.82 Å². The van der Waals surface area contributed by atoms with Crippen molar-refractivity contribution in [2.24, 2.45) is 0 Å². The number of carbonyl (C=O) groups is 1. The SMILES string of the molecule is CCN(CC)Cc1nc(-c2ccc(F)cc2)ccc1C(=O)O. The Morgan fingerprint density at radius 2 is 1.77 bits per heavy atom. The standard InChI is InChI=1S/C17H19FN2O2/c1-3-20(4-2)11-16-14(17(21)22)9-10-15(19-16)12-5-7-13(18)8-6-12/h5-10H,3-4,11H2,1-2H3,(H,21,22). The van der Waals surface area contributed by atoms with Gasteiger partial charge in [0.15, 0.2) is 0 Å². The molecule has 0 aliphatic carbocycles. The maximum atomic E-state index is 13.0. The van der Waals surface area contributed by atoms with E-state index in [0.29, 0.717) is 17.9 Å². The summed E-state index contributed by atoms with van der Waals surface area (Å²) in [4.78, 5) is 17.9. The van der Waals surface area contributed by atoms with Gasteiger partial charge in [0.05, 0.1) is 17.0 Å². The van der Waals surface area contributed by atoms with Gasteiger partial charge in [-0.25, -0.2) is 9.18 Å². The van der Waals surface area contributed by atoms with Gasteiger partial charge >= 0.3 is 5.97 Å². The molecule has 0 aliphatic heterocycles. The van der Waals surface area contributed by atoms with Gasteiger partial charge in [0.1, 0.15) is 5.82 Å². The molecule has 0 aliphatic rings. The fourth-order valence-electron chi connectivity index (χ4n) is 2.26. The Hall–Kier alpha value is -2.27. The van der Waals surface area contributed by atoms with Gasteiger partial charge in [-0.05, 0) is 49.5 Å². The Morgan fingerprint density at radius 1 is 1.14 bits per heavy atom. The summed E-state index contributed by atoms with van der Waals surface area (Å²) in [5, 5.41) is 9.31. The lowest BCUT2D eigenvalue weighted by Crippen LogP contribution is -2.24. The molecule has 0 fully saturated rings. The molecule has 2 aromatic rings. The predicted molar refractivity (Wildman–Crippen MR) is 83.2 cm³/mol. The summed E-state index contributed by atoms with van der Waals surface area (Å²) >= 11 is 0. The number of benzene rings is 1. The van der Waals surface area contributed by atoms with E-state index in [1.807, 2.05) is 13.8 Å². The summed E-state index contributed by atoms with van der Waals surface area (Å²) in [6.07, 6.45) is 0. The summed E-state index contributed by atoms with van der Waals surface area (Å²) in [7, 11) is 0. The highest BCUT2D eigenvalue weighted by atomic mass is 19.1. The first-order valence-corrected chi connectivity index (χ1v) is 7.26. The van der Waals surface area contributed by atoms with Crippen LogP contribution in [0.25, 0.3) is 11.3 Å². The maximum Gasteiger partial charge on any atom is 0.337 e. The van der Waals surface area contributed by atoms with Crippen LogP contribution in [0.1, 0.15) is 29.9 Å². The van der Waals surface area contributed by atoms with Crippen LogP contribution in [0.3, 0.4) is 0 Å². The summed E-state index contributed by atoms with van der Waals surface area (Å²) in [6.45, 7) is 6.15. The molecule has 1 aromatic heterocycles. The molecule has 116 valence electrons. The molecule has 5 heteroatoms. The zero-order valence-electron chi connectivity index (χ0n) is 12.7. The Balaban J connectivity index is 2.42. The summed E-state index contributed by atoms with van der Waals surface area (Å²) in [5.74, 6) is -1.30. The Bertz CT molecular complexity index is 652. The highest BCUT2D eigenvalue weighted by Gasteiger charge is 2.15. The van der Waals surface area contributed by atoms with Crippen LogP contribution >= 0.6 is 0 Å². The van der Waals surface area contributed by atoms with Gasteiger partial charge in [-0.3, -0.25) is 9.88 Å². The molecule has 0 bridgehead atoms. The van der Waals surface area contributed by atoms with E-state index in [4.69, 9.17) is 0 Å². The van der Waals surface area contributed by atoms with E-state index < -0.39 is 5.97 Å². The second kappa shape index (κ2) is 7.13. The third kappa shape index (κ3) is 3.68. The van der Waals surface area contributed by atoms with Crippen molar-refractivity contribution in [3.05, 3.63) is 53.5 Å². The van der Waals surface area contributed by atoms with Crippen molar-refractivity contribution in [2.45, 2.75) is 20.4 Å². The van der Waals surface area contributed by atoms with Gasteiger partial charge in [-0.15, -0.1) is 0 Å². The fraction of sp³-hybridized carbons (Fsp3) is 0.294. The minimum Gasteiger partial charge on any atom is -0.478 e.